The van der Waals surface area contributed by atoms with E-state index in [4.69, 9.17) is 9.73 Å². The highest BCUT2D eigenvalue weighted by Gasteiger charge is 2.22. The molecule has 160 valence electrons. The predicted molar refractivity (Wildman–Crippen MR) is 126 cm³/mol. The molecule has 28 heavy (non-hydrogen) atoms. The van der Waals surface area contributed by atoms with Gasteiger partial charge in [0.15, 0.2) is 5.96 Å². The Morgan fingerprint density at radius 2 is 1.86 bits per heavy atom. The zero-order chi connectivity index (χ0) is 19.5. The molecule has 0 spiro atoms. The van der Waals surface area contributed by atoms with Crippen LogP contribution in [0, 0.1) is 5.92 Å². The number of nitrogens with one attached hydrogen (secondary N) is 2. The van der Waals surface area contributed by atoms with Gasteiger partial charge >= 0.3 is 0 Å². The van der Waals surface area contributed by atoms with Gasteiger partial charge in [-0.05, 0) is 30.4 Å². The van der Waals surface area contributed by atoms with Crippen molar-refractivity contribution in [2.75, 3.05) is 39.4 Å². The maximum atomic E-state index is 9.50. The SMILES string of the molecule is CCNC(=NCc1ccccc1CO)NCC(CC(C)C)N1CCOCC1.I. The number of aliphatic imine (C=N–C) groups is 1. The van der Waals surface area contributed by atoms with Crippen molar-refractivity contribution in [1.82, 2.24) is 15.5 Å². The standard InChI is InChI=1S/C21H36N4O2.HI/c1-4-22-21(23-14-18-7-5-6-8-19(18)16-26)24-15-20(13-17(2)3)25-9-11-27-12-10-25;/h5-8,17,20,26H,4,9-16H2,1-3H3,(H2,22,23,24);1H. The van der Waals surface area contributed by atoms with Crippen molar-refractivity contribution >= 4 is 29.9 Å². The minimum Gasteiger partial charge on any atom is -0.392 e. The van der Waals surface area contributed by atoms with E-state index in [0.717, 1.165) is 62.9 Å². The van der Waals surface area contributed by atoms with E-state index in [1.54, 1.807) is 0 Å². The quantitative estimate of drug-likeness (QED) is 0.274. The number of halogens is 1. The summed E-state index contributed by atoms with van der Waals surface area (Å²) in [5.41, 5.74) is 1.99. The van der Waals surface area contributed by atoms with Crippen molar-refractivity contribution in [2.24, 2.45) is 10.9 Å². The van der Waals surface area contributed by atoms with Gasteiger partial charge in [-0.2, -0.15) is 0 Å². The maximum Gasteiger partial charge on any atom is 0.191 e. The second-order valence-electron chi connectivity index (χ2n) is 7.43. The van der Waals surface area contributed by atoms with Crippen LogP contribution in [0.3, 0.4) is 0 Å². The third-order valence-electron chi connectivity index (χ3n) is 4.85. The molecule has 0 amide bonds. The first-order chi connectivity index (χ1) is 13.1. The third kappa shape index (κ3) is 8.63. The van der Waals surface area contributed by atoms with E-state index >= 15 is 0 Å². The summed E-state index contributed by atoms with van der Waals surface area (Å²) in [6, 6.07) is 8.38. The molecule has 7 heteroatoms. The van der Waals surface area contributed by atoms with E-state index in [9.17, 15) is 5.11 Å². The molecule has 1 aliphatic heterocycles. The summed E-state index contributed by atoms with van der Waals surface area (Å²) >= 11 is 0. The molecule has 1 heterocycles. The van der Waals surface area contributed by atoms with Crippen molar-refractivity contribution in [1.29, 1.82) is 0 Å². The number of hydrogen-bond donors (Lipinski definition) is 3. The number of nitrogens with zero attached hydrogens (tertiary/aromatic N) is 2. The Bertz CT molecular complexity index is 577. The fourth-order valence-corrected chi connectivity index (χ4v) is 3.43. The van der Waals surface area contributed by atoms with Crippen LogP contribution >= 0.6 is 24.0 Å². The molecule has 1 saturated heterocycles. The first-order valence-corrected chi connectivity index (χ1v) is 10.2. The lowest BCUT2D eigenvalue weighted by molar-refractivity contribution is 0.0132. The molecule has 6 nitrogen and oxygen atoms in total. The minimum atomic E-state index is 0. The van der Waals surface area contributed by atoms with E-state index in [1.807, 2.05) is 24.3 Å². The van der Waals surface area contributed by atoms with Crippen molar-refractivity contribution in [3.05, 3.63) is 35.4 Å². The Morgan fingerprint density at radius 1 is 1.18 bits per heavy atom. The third-order valence-corrected chi connectivity index (χ3v) is 4.85. The number of morpholine rings is 1. The average molecular weight is 504 g/mol. The minimum absolute atomic E-state index is 0. The van der Waals surface area contributed by atoms with E-state index in [-0.39, 0.29) is 30.6 Å². The molecule has 1 aromatic rings. The van der Waals surface area contributed by atoms with Crippen LogP contribution in [-0.2, 0) is 17.9 Å². The van der Waals surface area contributed by atoms with E-state index in [0.29, 0.717) is 18.5 Å². The molecular weight excluding hydrogens is 467 g/mol. The molecule has 1 fully saturated rings. The largest absolute Gasteiger partial charge is 0.392 e. The molecule has 0 bridgehead atoms. The van der Waals surface area contributed by atoms with E-state index in [2.05, 4.69) is 36.3 Å². The molecule has 1 aliphatic rings. The number of benzene rings is 1. The lowest BCUT2D eigenvalue weighted by Gasteiger charge is -2.35. The van der Waals surface area contributed by atoms with Crippen LogP contribution in [0.5, 0.6) is 0 Å². The molecule has 0 radical (unpaired) electrons. The van der Waals surface area contributed by atoms with Gasteiger partial charge < -0.3 is 20.5 Å². The van der Waals surface area contributed by atoms with E-state index < -0.39 is 0 Å². The smallest absolute Gasteiger partial charge is 0.191 e. The molecular formula is C21H37IN4O2. The first-order valence-electron chi connectivity index (χ1n) is 10.2. The molecule has 0 aliphatic carbocycles. The van der Waals surface area contributed by atoms with Crippen LogP contribution in [0.1, 0.15) is 38.3 Å². The summed E-state index contributed by atoms with van der Waals surface area (Å²) in [5.74, 6) is 1.47. The van der Waals surface area contributed by atoms with Gasteiger partial charge in [0, 0.05) is 32.2 Å². The zero-order valence-corrected chi connectivity index (χ0v) is 19.8. The molecule has 0 saturated carbocycles. The van der Waals surface area contributed by atoms with Gasteiger partial charge in [0.1, 0.15) is 0 Å². The number of rotatable bonds is 9. The highest BCUT2D eigenvalue weighted by molar-refractivity contribution is 14.0. The molecule has 2 rings (SSSR count). The van der Waals surface area contributed by atoms with Gasteiger partial charge in [-0.15, -0.1) is 24.0 Å². The van der Waals surface area contributed by atoms with Crippen molar-refractivity contribution in [3.8, 4) is 0 Å². The number of ether oxygens (including phenoxy) is 1. The summed E-state index contributed by atoms with van der Waals surface area (Å²) in [4.78, 5) is 7.26. The van der Waals surface area contributed by atoms with Crippen LogP contribution in [0.15, 0.2) is 29.3 Å². The van der Waals surface area contributed by atoms with Gasteiger partial charge in [-0.25, -0.2) is 4.99 Å². The van der Waals surface area contributed by atoms with Crippen molar-refractivity contribution in [3.63, 3.8) is 0 Å². The highest BCUT2D eigenvalue weighted by atomic mass is 127. The van der Waals surface area contributed by atoms with Crippen LogP contribution in [0.4, 0.5) is 0 Å². The maximum absolute atomic E-state index is 9.50. The number of aliphatic hydroxyl groups is 1. The van der Waals surface area contributed by atoms with Crippen molar-refractivity contribution in [2.45, 2.75) is 46.4 Å². The molecule has 3 N–H and O–H groups in total. The van der Waals surface area contributed by atoms with Crippen LogP contribution < -0.4 is 10.6 Å². The highest BCUT2D eigenvalue weighted by Crippen LogP contribution is 2.13. The predicted octanol–water partition coefficient (Wildman–Crippen LogP) is 2.60. The zero-order valence-electron chi connectivity index (χ0n) is 17.5. The summed E-state index contributed by atoms with van der Waals surface area (Å²) in [6.07, 6.45) is 1.15. The van der Waals surface area contributed by atoms with Gasteiger partial charge in [0.25, 0.3) is 0 Å². The van der Waals surface area contributed by atoms with Gasteiger partial charge in [0.2, 0.25) is 0 Å². The fraction of sp³-hybridized carbons (Fsp3) is 0.667. The van der Waals surface area contributed by atoms with Crippen LogP contribution in [0.25, 0.3) is 0 Å². The first kappa shape index (κ1) is 25.1. The lowest BCUT2D eigenvalue weighted by atomic mass is 10.0. The Labute approximate surface area is 187 Å². The molecule has 1 unspecified atom stereocenters. The van der Waals surface area contributed by atoms with Crippen LogP contribution in [0.2, 0.25) is 0 Å². The fourth-order valence-electron chi connectivity index (χ4n) is 3.43. The summed E-state index contributed by atoms with van der Waals surface area (Å²) in [6.45, 7) is 12.5. The summed E-state index contributed by atoms with van der Waals surface area (Å²) in [7, 11) is 0. The Kier molecular flexibility index (Phi) is 12.7. The van der Waals surface area contributed by atoms with Gasteiger partial charge in [-0.1, -0.05) is 38.1 Å². The Hall–Kier alpha value is -0.900. The second-order valence-corrected chi connectivity index (χ2v) is 7.43. The Balaban J connectivity index is 0.00000392. The Morgan fingerprint density at radius 3 is 2.46 bits per heavy atom. The molecule has 1 aromatic carbocycles. The summed E-state index contributed by atoms with van der Waals surface area (Å²) in [5, 5.41) is 16.4. The lowest BCUT2D eigenvalue weighted by Crippen LogP contribution is -2.51. The van der Waals surface area contributed by atoms with Crippen molar-refractivity contribution < 1.29 is 9.84 Å². The second kappa shape index (κ2) is 14.1. The van der Waals surface area contributed by atoms with Gasteiger partial charge in [0.05, 0.1) is 26.4 Å². The normalized spacial score (nSPS) is 16.5. The average Bonchev–Trinajstić information content (AvgIpc) is 2.69. The number of hydrogen-bond acceptors (Lipinski definition) is 4. The molecule has 0 aromatic heterocycles. The number of guanidine groups is 1. The number of aliphatic hydroxyl groups excluding tert-OH is 1. The van der Waals surface area contributed by atoms with E-state index in [1.165, 1.54) is 0 Å². The summed E-state index contributed by atoms with van der Waals surface area (Å²) < 4.78 is 5.51. The van der Waals surface area contributed by atoms with Gasteiger partial charge in [-0.3, -0.25) is 4.90 Å². The monoisotopic (exact) mass is 504 g/mol. The molecule has 1 atom stereocenters. The topological polar surface area (TPSA) is 69.1 Å². The van der Waals surface area contributed by atoms with Crippen LogP contribution in [-0.4, -0.2) is 61.4 Å².